The number of ether oxygens (including phenoxy) is 16. The zero-order valence-corrected chi connectivity index (χ0v) is 87.1. The van der Waals surface area contributed by atoms with E-state index < -0.39 is 17.5 Å². The number of thioether (sulfide) groups is 1. The molecule has 788 valence electrons. The monoisotopic (exact) mass is 2100 g/mol. The molecule has 8 aromatic carbocycles. The van der Waals surface area contributed by atoms with E-state index in [1.54, 1.807) is 72.3 Å². The first-order chi connectivity index (χ1) is 73.5. The molecule has 6 N–H and O–H groups in total. The smallest absolute Gasteiger partial charge is 0.235 e. The van der Waals surface area contributed by atoms with E-state index >= 15 is 0 Å². The maximum absolute atomic E-state index is 13.7. The molecule has 6 aliphatic rings. The third kappa shape index (κ3) is 31.5. The van der Waals surface area contributed by atoms with Crippen LogP contribution in [0.15, 0.2) is 247 Å². The van der Waals surface area contributed by atoms with Crippen molar-refractivity contribution < 1.29 is 93.8 Å². The average Bonchev–Trinajstić information content (AvgIpc) is 0.952. The van der Waals surface area contributed by atoms with Crippen molar-refractivity contribution >= 4 is 101 Å². The third-order valence-corrected chi connectivity index (χ3v) is 28.5. The Morgan fingerprint density at radius 2 is 0.687 bits per heavy atom. The van der Waals surface area contributed by atoms with Gasteiger partial charge in [-0.2, -0.15) is 11.3 Å². The summed E-state index contributed by atoms with van der Waals surface area (Å²) in [6.45, 7) is 8.80. The molecule has 15 aromatic rings. The number of fused-ring (bicyclic) bond motifs is 6. The van der Waals surface area contributed by atoms with E-state index in [1.165, 1.54) is 57.3 Å². The summed E-state index contributed by atoms with van der Waals surface area (Å²) in [5, 5.41) is 29.6. The summed E-state index contributed by atoms with van der Waals surface area (Å²) in [7, 11) is 10.0. The molecule has 6 aliphatic heterocycles. The number of aromatic nitrogens is 6. The minimum Gasteiger partial charge on any atom is -0.497 e. The van der Waals surface area contributed by atoms with E-state index in [4.69, 9.17) is 87.4 Å². The van der Waals surface area contributed by atoms with Gasteiger partial charge in [0, 0.05) is 128 Å². The van der Waals surface area contributed by atoms with Crippen LogP contribution in [0.3, 0.4) is 0 Å². The lowest BCUT2D eigenvalue weighted by atomic mass is 10.0. The number of nitrogens with zero attached hydrogens (tertiary/aromatic N) is 6. The summed E-state index contributed by atoms with van der Waals surface area (Å²) in [6.07, 6.45) is 16.1. The lowest BCUT2D eigenvalue weighted by Gasteiger charge is -2.30. The van der Waals surface area contributed by atoms with Crippen molar-refractivity contribution in [2.75, 3.05) is 120 Å². The standard InChI is InChI=1S/C24H26N4O4S.C24H28N2O4.C23H24ClFN2O3.C23H24F2N2O3.C21H24N2O3S/c1-30-18-4-5-20-19(10-18)15(8-9-25-20)2-7-23-31-12-17(13-32-23)26-11-16-3-6-21-24(27-16)28-22(29)14-33-21;1-27-20-5-3-4-17(12-20)14-26-19-15-29-24(30-16-19)9-6-18-10-11-25-23-8-7-21(28-2)13-22(18)23;1-28-18-4-6-22-19(11-18)16(8-9-26-22)3-7-23-29-13-17(14-30-23)27-12-15-2-5-21(25)20(24)10-15;1-28-19-4-6-22-20(11-19)15(8-9-26-22)2-7-23-29-13-18(14-30-23)27-12-16-10-17(24)3-5-21(16)25;1-24-18-3-4-20-19(10-18)16(6-8-22-20)2-5-21-25-12-17(13-26-21)23-11-15-7-9-27-14-15/h3-6,8-10,17,23,26H,2,7,11-14H2,1H3,(H,27,28,29);3-5,7-8,10-13,19,24,26H,6,9,14-16H2,1-2H3;2,4-6,8-11,17,23,27H,3,7,12-14H2,1H3;3-6,8-11,18,23,27H,2,7,12-14H2,1H3;3-4,6-10,14,17,21,23H,2,5,11-13H2,1H3. The van der Waals surface area contributed by atoms with Gasteiger partial charge in [-0.25, -0.2) is 18.2 Å². The second-order valence-corrected chi connectivity index (χ2v) is 39.0. The summed E-state index contributed by atoms with van der Waals surface area (Å²) < 4.78 is 131. The Balaban J connectivity index is 0.000000128. The number of methoxy groups -OCH3 is 6. The van der Waals surface area contributed by atoms with Gasteiger partial charge in [0.1, 0.15) is 57.8 Å². The number of aryl methyl sites for hydroxylation is 5. The van der Waals surface area contributed by atoms with Gasteiger partial charge in [0.05, 0.1) is 188 Å². The summed E-state index contributed by atoms with van der Waals surface area (Å²) in [6, 6.07) is 62.7. The van der Waals surface area contributed by atoms with Crippen LogP contribution < -0.4 is 60.3 Å². The number of hydrogen-bond donors (Lipinski definition) is 6. The van der Waals surface area contributed by atoms with Crippen LogP contribution in [-0.2, 0) is 117 Å². The molecule has 0 unspecified atom stereocenters. The van der Waals surface area contributed by atoms with Crippen LogP contribution in [0.4, 0.5) is 19.0 Å². The Morgan fingerprint density at radius 3 is 1.04 bits per heavy atom. The van der Waals surface area contributed by atoms with Gasteiger partial charge < -0.3 is 108 Å². The lowest BCUT2D eigenvalue weighted by molar-refractivity contribution is -0.192. The van der Waals surface area contributed by atoms with Crippen LogP contribution in [0.1, 0.15) is 87.9 Å². The van der Waals surface area contributed by atoms with E-state index in [0.717, 1.165) is 194 Å². The molecule has 5 fully saturated rings. The number of anilines is 1. The predicted molar refractivity (Wildman–Crippen MR) is 573 cm³/mol. The first-order valence-electron chi connectivity index (χ1n) is 50.3. The lowest BCUT2D eigenvalue weighted by Crippen LogP contribution is -2.44. The first-order valence-corrected chi connectivity index (χ1v) is 52.6. The number of amides is 1. The van der Waals surface area contributed by atoms with Crippen molar-refractivity contribution in [3.8, 4) is 34.5 Å². The number of halogens is 4. The van der Waals surface area contributed by atoms with Crippen LogP contribution >= 0.6 is 34.7 Å². The summed E-state index contributed by atoms with van der Waals surface area (Å²) in [5.74, 6) is 4.78. The van der Waals surface area contributed by atoms with Crippen molar-refractivity contribution in [1.82, 2.24) is 56.5 Å². The van der Waals surface area contributed by atoms with E-state index in [9.17, 15) is 18.0 Å². The SMILES string of the molecule is COc1ccc2nccc(CCC3OCC(NCc4cc(F)ccc4F)CO3)c2c1.COc1ccc2nccc(CCC3OCC(NCc4ccc(F)c(Cl)c4)CO3)c2c1.COc1ccc2nccc(CCC3OCC(NCc4ccc5c(n4)NC(=O)CS5)CO3)c2c1.COc1ccc2nccc(CCC3OCC(NCc4ccsc4)CO3)c2c1.COc1cccc(CNC2COC(CCc3ccnc4ccc(OC)cc34)OC2)c1. The number of nitrogens with one attached hydrogen (secondary N) is 6. The summed E-state index contributed by atoms with van der Waals surface area (Å²) >= 11 is 9.06. The second kappa shape index (κ2) is 55.7. The van der Waals surface area contributed by atoms with E-state index in [-0.39, 0.29) is 84.7 Å². The molecule has 0 saturated carbocycles. The maximum atomic E-state index is 13.7. The molecular weight excluding hydrogens is 1980 g/mol. The van der Waals surface area contributed by atoms with Gasteiger partial charge in [0.15, 0.2) is 31.5 Å². The highest BCUT2D eigenvalue weighted by Gasteiger charge is 2.30. The minimum atomic E-state index is -0.453. The molecule has 1 amide bonds. The molecule has 7 aromatic heterocycles. The molecule has 13 heterocycles. The Hall–Kier alpha value is -12.2. The first kappa shape index (κ1) is 109. The predicted octanol–water partition coefficient (Wildman–Crippen LogP) is 19.1. The molecule has 29 nitrogen and oxygen atoms in total. The zero-order valence-electron chi connectivity index (χ0n) is 84.7. The number of thiophene rings is 1. The molecule has 21 rings (SSSR count). The van der Waals surface area contributed by atoms with Crippen LogP contribution in [0.2, 0.25) is 5.02 Å². The van der Waals surface area contributed by atoms with Crippen molar-refractivity contribution in [3.05, 3.63) is 320 Å². The zero-order chi connectivity index (χ0) is 104. The third-order valence-electron chi connectivity index (χ3n) is 26.5. The minimum absolute atomic E-state index is 0.0101. The number of pyridine rings is 6. The topological polar surface area (TPSA) is 314 Å². The maximum Gasteiger partial charge on any atom is 0.235 e. The molecular formula is C115H126ClF3N12O17S2. The quantitative estimate of drug-likeness (QED) is 0.0212. The Kier molecular flexibility index (Phi) is 40.5. The van der Waals surface area contributed by atoms with Crippen LogP contribution in [0.25, 0.3) is 54.5 Å². The second-order valence-electron chi connectivity index (χ2n) is 36.8. The number of carbonyl (C=O) groups excluding carboxylic acids is 1. The summed E-state index contributed by atoms with van der Waals surface area (Å²) in [4.78, 5) is 39.3. The van der Waals surface area contributed by atoms with E-state index in [1.807, 2.05) is 164 Å². The highest BCUT2D eigenvalue weighted by Crippen LogP contribution is 2.35. The molecule has 0 spiro atoms. The number of rotatable bonds is 36. The van der Waals surface area contributed by atoms with Crippen LogP contribution in [-0.4, -0.2) is 212 Å². The fraction of sp³-hybridized carbons (Fsp3) is 0.365. The highest BCUT2D eigenvalue weighted by molar-refractivity contribution is 8.00. The molecule has 0 aliphatic carbocycles. The highest BCUT2D eigenvalue weighted by atomic mass is 35.5. The van der Waals surface area contributed by atoms with Crippen molar-refractivity contribution in [2.45, 2.75) is 163 Å². The van der Waals surface area contributed by atoms with Gasteiger partial charge in [-0.05, 0) is 269 Å². The molecule has 5 saturated heterocycles. The number of carbonyl (C=O) groups is 1. The van der Waals surface area contributed by atoms with Gasteiger partial charge in [0.2, 0.25) is 5.91 Å². The van der Waals surface area contributed by atoms with Gasteiger partial charge in [0.25, 0.3) is 0 Å². The molecule has 0 bridgehead atoms. The van der Waals surface area contributed by atoms with Gasteiger partial charge in [-0.15, -0.1) is 11.8 Å². The molecule has 0 radical (unpaired) electrons. The normalized spacial score (nSPS) is 19.5. The van der Waals surface area contributed by atoms with Gasteiger partial charge in [-0.3, -0.25) is 29.7 Å². The number of hydrogen-bond acceptors (Lipinski definition) is 30. The van der Waals surface area contributed by atoms with Crippen molar-refractivity contribution in [1.29, 1.82) is 0 Å². The molecule has 35 heteroatoms. The van der Waals surface area contributed by atoms with Gasteiger partial charge >= 0.3 is 0 Å². The number of benzene rings is 8. The van der Waals surface area contributed by atoms with Crippen molar-refractivity contribution in [2.24, 2.45) is 0 Å². The van der Waals surface area contributed by atoms with Gasteiger partial charge in [-0.1, -0.05) is 29.8 Å². The Morgan fingerprint density at radius 1 is 0.347 bits per heavy atom. The van der Waals surface area contributed by atoms with Crippen LogP contribution in [0.5, 0.6) is 34.5 Å². The Bertz CT molecular complexity index is 6890. The molecule has 150 heavy (non-hydrogen) atoms. The van der Waals surface area contributed by atoms with E-state index in [0.29, 0.717) is 97.1 Å². The molecule has 0 atom stereocenters. The summed E-state index contributed by atoms with van der Waals surface area (Å²) in [5.41, 5.74) is 15.4. The van der Waals surface area contributed by atoms with E-state index in [2.05, 4.69) is 96.8 Å². The van der Waals surface area contributed by atoms with Crippen molar-refractivity contribution in [3.63, 3.8) is 0 Å². The average molecular weight is 2100 g/mol. The fourth-order valence-corrected chi connectivity index (χ4v) is 19.7. The van der Waals surface area contributed by atoms with Crippen LogP contribution in [0, 0.1) is 17.5 Å². The fourth-order valence-electron chi connectivity index (χ4n) is 18.0. The largest absolute Gasteiger partial charge is 0.497 e. The Labute approximate surface area is 883 Å².